The average molecular weight is 258 g/mol. The molecular formula is C17H19FO. The van der Waals surface area contributed by atoms with E-state index in [-0.39, 0.29) is 5.82 Å². The maximum atomic E-state index is 12.9. The van der Waals surface area contributed by atoms with Crippen LogP contribution in [0.5, 0.6) is 11.5 Å². The molecule has 2 heteroatoms. The van der Waals surface area contributed by atoms with Crippen LogP contribution in [0.1, 0.15) is 38.2 Å². The van der Waals surface area contributed by atoms with Crippen molar-refractivity contribution >= 4 is 0 Å². The van der Waals surface area contributed by atoms with Crippen LogP contribution in [0, 0.1) is 5.82 Å². The van der Waals surface area contributed by atoms with Crippen molar-refractivity contribution in [3.05, 3.63) is 59.9 Å². The molecule has 1 nitrogen and oxygen atoms in total. The molecule has 0 aliphatic heterocycles. The molecule has 1 unspecified atom stereocenters. The third kappa shape index (κ3) is 3.57. The predicted molar refractivity (Wildman–Crippen MR) is 76.2 cm³/mol. The van der Waals surface area contributed by atoms with E-state index in [1.54, 1.807) is 12.1 Å². The summed E-state index contributed by atoms with van der Waals surface area (Å²) in [6.45, 7) is 4.39. The van der Waals surface area contributed by atoms with Crippen molar-refractivity contribution in [1.82, 2.24) is 0 Å². The van der Waals surface area contributed by atoms with Gasteiger partial charge in [-0.2, -0.15) is 0 Å². The highest BCUT2D eigenvalue weighted by Crippen LogP contribution is 2.32. The third-order valence-corrected chi connectivity index (χ3v) is 3.21. The minimum Gasteiger partial charge on any atom is -0.457 e. The van der Waals surface area contributed by atoms with Crippen molar-refractivity contribution in [1.29, 1.82) is 0 Å². The lowest BCUT2D eigenvalue weighted by Gasteiger charge is -2.16. The van der Waals surface area contributed by atoms with Crippen molar-refractivity contribution in [3.8, 4) is 11.5 Å². The van der Waals surface area contributed by atoms with Gasteiger partial charge in [-0.25, -0.2) is 4.39 Å². The van der Waals surface area contributed by atoms with Crippen LogP contribution >= 0.6 is 0 Å². The number of halogens is 1. The van der Waals surface area contributed by atoms with Crippen LogP contribution in [0.2, 0.25) is 0 Å². The van der Waals surface area contributed by atoms with E-state index in [2.05, 4.69) is 19.9 Å². The van der Waals surface area contributed by atoms with E-state index in [1.165, 1.54) is 17.7 Å². The summed E-state index contributed by atoms with van der Waals surface area (Å²) in [6.07, 6.45) is 2.27. The molecular weight excluding hydrogens is 239 g/mol. The first-order chi connectivity index (χ1) is 9.20. The minimum atomic E-state index is -0.250. The summed E-state index contributed by atoms with van der Waals surface area (Å²) in [6, 6.07) is 14.2. The molecule has 0 aliphatic carbocycles. The van der Waals surface area contributed by atoms with Crippen molar-refractivity contribution < 1.29 is 9.13 Å². The predicted octanol–water partition coefficient (Wildman–Crippen LogP) is 5.52. The van der Waals surface area contributed by atoms with Gasteiger partial charge in [0.15, 0.2) is 0 Å². The van der Waals surface area contributed by atoms with Gasteiger partial charge in [-0.1, -0.05) is 38.5 Å². The Labute approximate surface area is 114 Å². The number of hydrogen-bond donors (Lipinski definition) is 0. The van der Waals surface area contributed by atoms with Gasteiger partial charge in [0.05, 0.1) is 0 Å². The van der Waals surface area contributed by atoms with E-state index in [1.807, 2.05) is 18.2 Å². The van der Waals surface area contributed by atoms with E-state index < -0.39 is 0 Å². The summed E-state index contributed by atoms with van der Waals surface area (Å²) in [5, 5.41) is 0. The Bertz CT molecular complexity index is 519. The lowest BCUT2D eigenvalue weighted by atomic mass is 9.96. The lowest BCUT2D eigenvalue weighted by molar-refractivity contribution is 0.467. The van der Waals surface area contributed by atoms with Crippen molar-refractivity contribution in [2.75, 3.05) is 0 Å². The van der Waals surface area contributed by atoms with Crippen LogP contribution in [-0.4, -0.2) is 0 Å². The average Bonchev–Trinajstić information content (AvgIpc) is 2.42. The van der Waals surface area contributed by atoms with E-state index >= 15 is 0 Å². The van der Waals surface area contributed by atoms with E-state index in [0.717, 1.165) is 18.6 Å². The molecule has 0 N–H and O–H groups in total. The smallest absolute Gasteiger partial charge is 0.130 e. The van der Waals surface area contributed by atoms with Crippen molar-refractivity contribution in [3.63, 3.8) is 0 Å². The summed E-state index contributed by atoms with van der Waals surface area (Å²) >= 11 is 0. The number of para-hydroxylation sites is 1. The minimum absolute atomic E-state index is 0.250. The molecule has 0 bridgehead atoms. The van der Waals surface area contributed by atoms with Crippen LogP contribution in [0.4, 0.5) is 4.39 Å². The maximum Gasteiger partial charge on any atom is 0.130 e. The number of ether oxygens (including phenoxy) is 1. The Morgan fingerprint density at radius 2 is 1.74 bits per heavy atom. The number of rotatable bonds is 5. The maximum absolute atomic E-state index is 12.9. The highest BCUT2D eigenvalue weighted by atomic mass is 19.1. The quantitative estimate of drug-likeness (QED) is 0.686. The fourth-order valence-electron chi connectivity index (χ4n) is 2.20. The number of hydrogen-bond acceptors (Lipinski definition) is 1. The van der Waals surface area contributed by atoms with Crippen molar-refractivity contribution in [2.24, 2.45) is 0 Å². The van der Waals surface area contributed by atoms with Crippen LogP contribution in [-0.2, 0) is 0 Å². The fourth-order valence-corrected chi connectivity index (χ4v) is 2.20. The molecule has 1 atom stereocenters. The molecule has 0 saturated carbocycles. The largest absolute Gasteiger partial charge is 0.457 e. The van der Waals surface area contributed by atoms with Crippen LogP contribution < -0.4 is 4.74 Å². The first kappa shape index (κ1) is 13.6. The molecule has 0 spiro atoms. The molecule has 0 heterocycles. The van der Waals surface area contributed by atoms with Gasteiger partial charge in [0.25, 0.3) is 0 Å². The van der Waals surface area contributed by atoms with Gasteiger partial charge >= 0.3 is 0 Å². The molecule has 100 valence electrons. The first-order valence-corrected chi connectivity index (χ1v) is 6.73. The van der Waals surface area contributed by atoms with Gasteiger partial charge in [-0.15, -0.1) is 0 Å². The standard InChI is InChI=1S/C17H19FO/c1-3-6-13(2)16-7-4-5-8-17(16)19-15-11-9-14(18)10-12-15/h4-5,7-13H,3,6H2,1-2H3. The third-order valence-electron chi connectivity index (χ3n) is 3.21. The molecule has 2 aromatic carbocycles. The molecule has 0 amide bonds. The Balaban J connectivity index is 2.22. The number of benzene rings is 2. The summed E-state index contributed by atoms with van der Waals surface area (Å²) in [7, 11) is 0. The molecule has 2 rings (SSSR count). The monoisotopic (exact) mass is 258 g/mol. The van der Waals surface area contributed by atoms with E-state index in [9.17, 15) is 4.39 Å². The van der Waals surface area contributed by atoms with Gasteiger partial charge in [0.1, 0.15) is 17.3 Å². The van der Waals surface area contributed by atoms with Gasteiger partial charge in [-0.05, 0) is 48.2 Å². The molecule has 2 aromatic rings. The second kappa shape index (κ2) is 6.37. The SMILES string of the molecule is CCCC(C)c1ccccc1Oc1ccc(F)cc1. The Morgan fingerprint density at radius 3 is 2.42 bits per heavy atom. The van der Waals surface area contributed by atoms with Crippen LogP contribution in [0.3, 0.4) is 0 Å². The summed E-state index contributed by atoms with van der Waals surface area (Å²) in [4.78, 5) is 0. The van der Waals surface area contributed by atoms with Gasteiger partial charge in [0, 0.05) is 0 Å². The van der Waals surface area contributed by atoms with Crippen molar-refractivity contribution in [2.45, 2.75) is 32.6 Å². The molecule has 0 radical (unpaired) electrons. The normalized spacial score (nSPS) is 12.2. The molecule has 19 heavy (non-hydrogen) atoms. The first-order valence-electron chi connectivity index (χ1n) is 6.73. The molecule has 0 saturated heterocycles. The zero-order valence-electron chi connectivity index (χ0n) is 11.4. The highest BCUT2D eigenvalue weighted by Gasteiger charge is 2.11. The molecule has 0 aromatic heterocycles. The Kier molecular flexibility index (Phi) is 4.56. The topological polar surface area (TPSA) is 9.23 Å². The Hall–Kier alpha value is -1.83. The molecule has 0 fully saturated rings. The highest BCUT2D eigenvalue weighted by molar-refractivity contribution is 5.39. The zero-order chi connectivity index (χ0) is 13.7. The van der Waals surface area contributed by atoms with Gasteiger partial charge in [-0.3, -0.25) is 0 Å². The fraction of sp³-hybridized carbons (Fsp3) is 0.294. The van der Waals surface area contributed by atoms with Gasteiger partial charge < -0.3 is 4.74 Å². The lowest BCUT2D eigenvalue weighted by Crippen LogP contribution is -1.97. The second-order valence-electron chi connectivity index (χ2n) is 4.78. The van der Waals surface area contributed by atoms with E-state index in [4.69, 9.17) is 4.74 Å². The summed E-state index contributed by atoms with van der Waals surface area (Å²) in [5.74, 6) is 1.73. The second-order valence-corrected chi connectivity index (χ2v) is 4.78. The van der Waals surface area contributed by atoms with E-state index in [0.29, 0.717) is 11.7 Å². The van der Waals surface area contributed by atoms with Gasteiger partial charge in [0.2, 0.25) is 0 Å². The van der Waals surface area contributed by atoms with Crippen LogP contribution in [0.25, 0.3) is 0 Å². The zero-order valence-corrected chi connectivity index (χ0v) is 11.4. The Morgan fingerprint density at radius 1 is 1.05 bits per heavy atom. The van der Waals surface area contributed by atoms with Crippen LogP contribution in [0.15, 0.2) is 48.5 Å². The molecule has 0 aliphatic rings. The summed E-state index contributed by atoms with van der Waals surface area (Å²) in [5.41, 5.74) is 1.20. The summed E-state index contributed by atoms with van der Waals surface area (Å²) < 4.78 is 18.7.